The lowest BCUT2D eigenvalue weighted by Gasteiger charge is -2.30. The lowest BCUT2D eigenvalue weighted by atomic mass is 9.91. The smallest absolute Gasteiger partial charge is 0.405 e. The van der Waals surface area contributed by atoms with E-state index in [1.165, 1.54) is 6.07 Å². The fourth-order valence-electron chi connectivity index (χ4n) is 4.24. The standard InChI is InChI=1S/C24H27ClF3N5O/c1-33(2)22-19-5-3-4-6-20(19)31-23(32-22)30-18-11-9-17(10-12-18)29-14-15-7-8-16(25)13-21(15)34-24(26,27)28/h3-8,13,17-18,29H,9-12,14H2,1-2H3,(H,30,31,32). The first kappa shape index (κ1) is 24.3. The molecular weight excluding hydrogens is 467 g/mol. The molecule has 1 heterocycles. The van der Waals surface area contributed by atoms with Crippen LogP contribution in [0.1, 0.15) is 31.2 Å². The Morgan fingerprint density at radius 2 is 1.74 bits per heavy atom. The molecule has 3 aromatic rings. The van der Waals surface area contributed by atoms with Crippen LogP contribution in [0.4, 0.5) is 24.9 Å². The third-order valence-corrected chi connectivity index (χ3v) is 6.14. The second-order valence-electron chi connectivity index (χ2n) is 8.66. The summed E-state index contributed by atoms with van der Waals surface area (Å²) < 4.78 is 42.3. The maximum atomic E-state index is 12.7. The molecule has 1 aliphatic rings. The minimum atomic E-state index is -4.76. The number of nitrogens with zero attached hydrogens (tertiary/aromatic N) is 3. The number of fused-ring (bicyclic) bond motifs is 1. The van der Waals surface area contributed by atoms with Crippen molar-refractivity contribution in [2.75, 3.05) is 24.3 Å². The number of alkyl halides is 3. The van der Waals surface area contributed by atoms with Gasteiger partial charge in [0.25, 0.3) is 0 Å². The van der Waals surface area contributed by atoms with E-state index in [9.17, 15) is 13.2 Å². The number of para-hydroxylation sites is 1. The van der Waals surface area contributed by atoms with Gasteiger partial charge in [-0.2, -0.15) is 4.98 Å². The molecule has 0 radical (unpaired) electrons. The highest BCUT2D eigenvalue weighted by Gasteiger charge is 2.32. The van der Waals surface area contributed by atoms with Gasteiger partial charge >= 0.3 is 6.36 Å². The predicted molar refractivity (Wildman–Crippen MR) is 129 cm³/mol. The molecule has 1 aliphatic carbocycles. The van der Waals surface area contributed by atoms with E-state index in [1.54, 1.807) is 12.1 Å². The molecule has 0 atom stereocenters. The Kier molecular flexibility index (Phi) is 7.33. The summed E-state index contributed by atoms with van der Waals surface area (Å²) in [6, 6.07) is 12.7. The Morgan fingerprint density at radius 3 is 2.44 bits per heavy atom. The molecular formula is C24H27ClF3N5O. The van der Waals surface area contributed by atoms with E-state index < -0.39 is 6.36 Å². The molecule has 0 saturated heterocycles. The van der Waals surface area contributed by atoms with Crippen LogP contribution in [0.25, 0.3) is 10.9 Å². The first-order valence-electron chi connectivity index (χ1n) is 11.2. The number of nitrogens with one attached hydrogen (secondary N) is 2. The lowest BCUT2D eigenvalue weighted by molar-refractivity contribution is -0.274. The Labute approximate surface area is 201 Å². The van der Waals surface area contributed by atoms with Crippen molar-refractivity contribution in [1.29, 1.82) is 0 Å². The van der Waals surface area contributed by atoms with E-state index >= 15 is 0 Å². The highest BCUT2D eigenvalue weighted by molar-refractivity contribution is 6.30. The normalized spacial score (nSPS) is 18.6. The van der Waals surface area contributed by atoms with Gasteiger partial charge < -0.3 is 20.3 Å². The molecule has 182 valence electrons. The van der Waals surface area contributed by atoms with Crippen molar-refractivity contribution in [2.45, 2.75) is 50.7 Å². The van der Waals surface area contributed by atoms with Gasteiger partial charge in [-0.15, -0.1) is 13.2 Å². The highest BCUT2D eigenvalue weighted by Crippen LogP contribution is 2.30. The van der Waals surface area contributed by atoms with Crippen LogP contribution in [0, 0.1) is 0 Å². The zero-order valence-electron chi connectivity index (χ0n) is 19.0. The molecule has 34 heavy (non-hydrogen) atoms. The SMILES string of the molecule is CN(C)c1nc(NC2CCC(NCc3ccc(Cl)cc3OC(F)(F)F)CC2)nc2ccccc12. The van der Waals surface area contributed by atoms with E-state index in [0.29, 0.717) is 11.5 Å². The molecule has 6 nitrogen and oxygen atoms in total. The van der Waals surface area contributed by atoms with E-state index in [1.807, 2.05) is 43.3 Å². The molecule has 2 aromatic carbocycles. The van der Waals surface area contributed by atoms with Crippen LogP contribution in [0.15, 0.2) is 42.5 Å². The number of hydrogen-bond donors (Lipinski definition) is 2. The summed E-state index contributed by atoms with van der Waals surface area (Å²) in [4.78, 5) is 11.4. The summed E-state index contributed by atoms with van der Waals surface area (Å²) in [5.41, 5.74) is 1.31. The maximum Gasteiger partial charge on any atom is 0.573 e. The quantitative estimate of drug-likeness (QED) is 0.436. The Morgan fingerprint density at radius 1 is 1.03 bits per heavy atom. The Balaban J connectivity index is 1.34. The van der Waals surface area contributed by atoms with E-state index in [-0.39, 0.29) is 29.4 Å². The lowest BCUT2D eigenvalue weighted by Crippen LogP contribution is -2.37. The van der Waals surface area contributed by atoms with Gasteiger partial charge in [0.15, 0.2) is 0 Å². The zero-order valence-corrected chi connectivity index (χ0v) is 19.7. The van der Waals surface area contributed by atoms with Crippen LogP contribution in [0.2, 0.25) is 5.02 Å². The maximum absolute atomic E-state index is 12.7. The predicted octanol–water partition coefficient (Wildman–Crippen LogP) is 5.76. The topological polar surface area (TPSA) is 62.3 Å². The molecule has 1 fully saturated rings. The molecule has 0 bridgehead atoms. The van der Waals surface area contributed by atoms with Crippen LogP contribution in [0.5, 0.6) is 5.75 Å². The van der Waals surface area contributed by atoms with E-state index in [4.69, 9.17) is 16.6 Å². The molecule has 10 heteroatoms. The number of ether oxygens (including phenoxy) is 1. The van der Waals surface area contributed by atoms with Crippen molar-refractivity contribution in [2.24, 2.45) is 0 Å². The van der Waals surface area contributed by atoms with Gasteiger partial charge in [-0.3, -0.25) is 0 Å². The van der Waals surface area contributed by atoms with Crippen molar-refractivity contribution >= 4 is 34.3 Å². The molecule has 0 aliphatic heterocycles. The van der Waals surface area contributed by atoms with Crippen molar-refractivity contribution in [3.05, 3.63) is 53.1 Å². The van der Waals surface area contributed by atoms with Gasteiger partial charge in [-0.05, 0) is 49.9 Å². The van der Waals surface area contributed by atoms with Crippen molar-refractivity contribution in [1.82, 2.24) is 15.3 Å². The second kappa shape index (κ2) is 10.2. The van der Waals surface area contributed by atoms with Crippen LogP contribution in [-0.4, -0.2) is 42.5 Å². The molecule has 0 spiro atoms. The monoisotopic (exact) mass is 493 g/mol. The number of hydrogen-bond acceptors (Lipinski definition) is 6. The summed E-state index contributed by atoms with van der Waals surface area (Å²) in [5.74, 6) is 1.20. The van der Waals surface area contributed by atoms with E-state index in [0.717, 1.165) is 42.4 Å². The molecule has 1 aromatic heterocycles. The van der Waals surface area contributed by atoms with Gasteiger partial charge in [0, 0.05) is 48.7 Å². The Bertz CT molecular complexity index is 1130. The van der Waals surface area contributed by atoms with Gasteiger partial charge in [0.05, 0.1) is 5.52 Å². The van der Waals surface area contributed by atoms with Crippen molar-refractivity contribution in [3.63, 3.8) is 0 Å². The average Bonchev–Trinajstić information content (AvgIpc) is 2.78. The van der Waals surface area contributed by atoms with Crippen LogP contribution in [0.3, 0.4) is 0 Å². The number of benzene rings is 2. The summed E-state index contributed by atoms with van der Waals surface area (Å²) in [7, 11) is 3.92. The van der Waals surface area contributed by atoms with Crippen molar-refractivity contribution in [3.8, 4) is 5.75 Å². The minimum Gasteiger partial charge on any atom is -0.405 e. The average molecular weight is 494 g/mol. The summed E-state index contributed by atoms with van der Waals surface area (Å²) in [5, 5.41) is 8.03. The van der Waals surface area contributed by atoms with Crippen LogP contribution in [-0.2, 0) is 6.54 Å². The summed E-state index contributed by atoms with van der Waals surface area (Å²) >= 11 is 5.85. The van der Waals surface area contributed by atoms with Gasteiger partial charge in [-0.1, -0.05) is 29.8 Å². The number of rotatable bonds is 7. The second-order valence-corrected chi connectivity index (χ2v) is 9.09. The summed E-state index contributed by atoms with van der Waals surface area (Å²) in [6.45, 7) is 0.269. The zero-order chi connectivity index (χ0) is 24.3. The number of halogens is 4. The third-order valence-electron chi connectivity index (χ3n) is 5.90. The minimum absolute atomic E-state index is 0.197. The Hall–Kier alpha value is -2.78. The van der Waals surface area contributed by atoms with Crippen LogP contribution < -0.4 is 20.3 Å². The van der Waals surface area contributed by atoms with Crippen molar-refractivity contribution < 1.29 is 17.9 Å². The van der Waals surface area contributed by atoms with Gasteiger partial charge in [0.2, 0.25) is 5.95 Å². The number of anilines is 2. The first-order valence-corrected chi connectivity index (χ1v) is 11.5. The molecule has 0 unspecified atom stereocenters. The molecule has 2 N–H and O–H groups in total. The molecule has 1 saturated carbocycles. The largest absolute Gasteiger partial charge is 0.573 e. The van der Waals surface area contributed by atoms with Crippen LogP contribution >= 0.6 is 11.6 Å². The van der Waals surface area contributed by atoms with Gasteiger partial charge in [0.1, 0.15) is 11.6 Å². The molecule has 4 rings (SSSR count). The van der Waals surface area contributed by atoms with Gasteiger partial charge in [-0.25, -0.2) is 4.98 Å². The molecule has 0 amide bonds. The fraction of sp³-hybridized carbons (Fsp3) is 0.417. The first-order chi connectivity index (χ1) is 16.2. The fourth-order valence-corrected chi connectivity index (χ4v) is 4.40. The third kappa shape index (κ3) is 6.21. The van der Waals surface area contributed by atoms with E-state index in [2.05, 4.69) is 20.4 Å². The highest BCUT2D eigenvalue weighted by atomic mass is 35.5. The summed E-state index contributed by atoms with van der Waals surface area (Å²) in [6.07, 6.45) is -1.19. The number of aromatic nitrogens is 2.